The Labute approximate surface area is 102 Å². The van der Waals surface area contributed by atoms with Crippen molar-refractivity contribution in [1.82, 2.24) is 10.2 Å². The highest BCUT2D eigenvalue weighted by molar-refractivity contribution is 4.81. The van der Waals surface area contributed by atoms with Gasteiger partial charge in [-0.1, -0.05) is 13.8 Å². The largest absolute Gasteiger partial charge is 0.311 e. The van der Waals surface area contributed by atoms with Crippen LogP contribution in [-0.4, -0.2) is 37.1 Å². The molecule has 1 aliphatic heterocycles. The summed E-state index contributed by atoms with van der Waals surface area (Å²) < 4.78 is 0. The summed E-state index contributed by atoms with van der Waals surface area (Å²) in [6.07, 6.45) is 4.05. The van der Waals surface area contributed by atoms with Crippen molar-refractivity contribution >= 4 is 0 Å². The fourth-order valence-corrected chi connectivity index (χ4v) is 2.97. The van der Waals surface area contributed by atoms with Gasteiger partial charge >= 0.3 is 0 Å². The van der Waals surface area contributed by atoms with Gasteiger partial charge < -0.3 is 10.2 Å². The van der Waals surface area contributed by atoms with Crippen LogP contribution < -0.4 is 5.32 Å². The zero-order valence-electron chi connectivity index (χ0n) is 11.8. The second-order valence-corrected chi connectivity index (χ2v) is 6.15. The summed E-state index contributed by atoms with van der Waals surface area (Å²) in [5.74, 6) is 1.64. The zero-order chi connectivity index (χ0) is 12.1. The molecule has 0 aromatic heterocycles. The van der Waals surface area contributed by atoms with Gasteiger partial charge in [0.15, 0.2) is 0 Å². The molecule has 0 aromatic carbocycles. The molecule has 1 heterocycles. The third-order valence-corrected chi connectivity index (χ3v) is 3.74. The second-order valence-electron chi connectivity index (χ2n) is 6.15. The summed E-state index contributed by atoms with van der Waals surface area (Å²) in [5.41, 5.74) is 0. The molecule has 96 valence electrons. The number of hydrogen-bond acceptors (Lipinski definition) is 2. The molecule has 1 saturated heterocycles. The monoisotopic (exact) mass is 226 g/mol. The molecule has 0 aromatic rings. The lowest BCUT2D eigenvalue weighted by molar-refractivity contribution is 0.172. The van der Waals surface area contributed by atoms with Crippen molar-refractivity contribution in [3.63, 3.8) is 0 Å². The molecule has 1 aliphatic rings. The van der Waals surface area contributed by atoms with Crippen LogP contribution in [0.1, 0.15) is 47.0 Å². The number of nitrogens with zero attached hydrogens (tertiary/aromatic N) is 1. The first-order valence-electron chi connectivity index (χ1n) is 6.93. The number of likely N-dealkylation sites (tertiary alicyclic amines) is 1. The van der Waals surface area contributed by atoms with E-state index in [1.54, 1.807) is 0 Å². The fourth-order valence-electron chi connectivity index (χ4n) is 2.97. The molecular formula is C14H30N2. The van der Waals surface area contributed by atoms with E-state index in [4.69, 9.17) is 0 Å². The Kier molecular flexibility index (Phi) is 5.77. The Balaban J connectivity index is 2.30. The molecule has 16 heavy (non-hydrogen) atoms. The van der Waals surface area contributed by atoms with E-state index >= 15 is 0 Å². The van der Waals surface area contributed by atoms with Crippen LogP contribution in [0, 0.1) is 11.8 Å². The molecule has 1 fully saturated rings. The van der Waals surface area contributed by atoms with E-state index in [0.717, 1.165) is 11.8 Å². The molecule has 1 N–H and O–H groups in total. The molecule has 3 atom stereocenters. The summed E-state index contributed by atoms with van der Waals surface area (Å²) in [7, 11) is 2.25. The quantitative estimate of drug-likeness (QED) is 0.775. The lowest BCUT2D eigenvalue weighted by atomic mass is 9.91. The molecule has 0 aliphatic carbocycles. The number of piperidine rings is 1. The molecule has 0 spiro atoms. The Hall–Kier alpha value is -0.0800. The lowest BCUT2D eigenvalue weighted by Gasteiger charge is -2.35. The normalized spacial score (nSPS) is 27.0. The highest BCUT2D eigenvalue weighted by atomic mass is 15.1. The van der Waals surface area contributed by atoms with Crippen molar-refractivity contribution in [2.24, 2.45) is 11.8 Å². The first-order valence-corrected chi connectivity index (χ1v) is 6.93. The van der Waals surface area contributed by atoms with Crippen LogP contribution in [0.4, 0.5) is 0 Å². The van der Waals surface area contributed by atoms with Crippen molar-refractivity contribution in [2.45, 2.75) is 59.0 Å². The second kappa shape index (κ2) is 6.61. The maximum Gasteiger partial charge on any atom is 0.00816 e. The molecule has 2 heteroatoms. The van der Waals surface area contributed by atoms with Gasteiger partial charge in [0.1, 0.15) is 0 Å². The van der Waals surface area contributed by atoms with Crippen molar-refractivity contribution in [2.75, 3.05) is 20.1 Å². The average molecular weight is 226 g/mol. The predicted molar refractivity (Wildman–Crippen MR) is 71.7 cm³/mol. The van der Waals surface area contributed by atoms with Gasteiger partial charge in [-0.3, -0.25) is 0 Å². The summed E-state index contributed by atoms with van der Waals surface area (Å²) in [6, 6.07) is 1.32. The first kappa shape index (κ1) is 14.0. The predicted octanol–water partition coefficient (Wildman–Crippen LogP) is 2.74. The van der Waals surface area contributed by atoms with E-state index < -0.39 is 0 Å². The summed E-state index contributed by atoms with van der Waals surface area (Å²) >= 11 is 0. The van der Waals surface area contributed by atoms with Gasteiger partial charge in [0, 0.05) is 18.6 Å². The number of nitrogens with one attached hydrogen (secondary N) is 1. The molecule has 0 amide bonds. The van der Waals surface area contributed by atoms with Crippen LogP contribution in [0.5, 0.6) is 0 Å². The van der Waals surface area contributed by atoms with Gasteiger partial charge in [-0.25, -0.2) is 0 Å². The van der Waals surface area contributed by atoms with E-state index in [1.807, 2.05) is 0 Å². The Morgan fingerprint density at radius 2 is 1.94 bits per heavy atom. The molecule has 1 rings (SSSR count). The first-order chi connectivity index (χ1) is 7.49. The van der Waals surface area contributed by atoms with E-state index in [-0.39, 0.29) is 0 Å². The molecule has 0 radical (unpaired) electrons. The highest BCUT2D eigenvalue weighted by Gasteiger charge is 2.23. The Bertz CT molecular complexity index is 191. The molecular weight excluding hydrogens is 196 g/mol. The van der Waals surface area contributed by atoms with E-state index in [1.165, 1.54) is 32.4 Å². The van der Waals surface area contributed by atoms with Crippen LogP contribution in [0.2, 0.25) is 0 Å². The third kappa shape index (κ3) is 4.84. The van der Waals surface area contributed by atoms with Gasteiger partial charge in [0.05, 0.1) is 0 Å². The fraction of sp³-hybridized carbons (Fsp3) is 1.00. The van der Waals surface area contributed by atoms with Crippen LogP contribution in [0.25, 0.3) is 0 Å². The summed E-state index contributed by atoms with van der Waals surface area (Å²) in [6.45, 7) is 11.8. The van der Waals surface area contributed by atoms with Gasteiger partial charge in [-0.15, -0.1) is 0 Å². The minimum atomic E-state index is 0.655. The zero-order valence-corrected chi connectivity index (χ0v) is 11.8. The van der Waals surface area contributed by atoms with Crippen molar-refractivity contribution in [1.29, 1.82) is 0 Å². The minimum Gasteiger partial charge on any atom is -0.311 e. The standard InChI is InChI=1S/C14H30N2/c1-11(2)9-12(3)15-13(4)14-7-6-8-16(5)10-14/h11-15H,6-10H2,1-5H3. The average Bonchev–Trinajstić information content (AvgIpc) is 2.16. The van der Waals surface area contributed by atoms with Crippen LogP contribution >= 0.6 is 0 Å². The maximum atomic E-state index is 3.77. The highest BCUT2D eigenvalue weighted by Crippen LogP contribution is 2.19. The minimum absolute atomic E-state index is 0.655. The van der Waals surface area contributed by atoms with Crippen LogP contribution in [0.3, 0.4) is 0 Å². The van der Waals surface area contributed by atoms with E-state index in [9.17, 15) is 0 Å². The van der Waals surface area contributed by atoms with Crippen LogP contribution in [0.15, 0.2) is 0 Å². The van der Waals surface area contributed by atoms with E-state index in [2.05, 4.69) is 45.0 Å². The Morgan fingerprint density at radius 3 is 2.50 bits per heavy atom. The number of rotatable bonds is 5. The smallest absolute Gasteiger partial charge is 0.00816 e. The maximum absolute atomic E-state index is 3.77. The molecule has 3 unspecified atom stereocenters. The van der Waals surface area contributed by atoms with Crippen molar-refractivity contribution < 1.29 is 0 Å². The molecule has 0 saturated carbocycles. The number of hydrogen-bond donors (Lipinski definition) is 1. The Morgan fingerprint density at radius 1 is 1.25 bits per heavy atom. The SMILES string of the molecule is CC(C)CC(C)NC(C)C1CCCN(C)C1. The topological polar surface area (TPSA) is 15.3 Å². The third-order valence-electron chi connectivity index (χ3n) is 3.74. The van der Waals surface area contributed by atoms with Crippen LogP contribution in [-0.2, 0) is 0 Å². The molecule has 0 bridgehead atoms. The summed E-state index contributed by atoms with van der Waals surface area (Å²) in [4.78, 5) is 2.47. The van der Waals surface area contributed by atoms with Gasteiger partial charge in [0.2, 0.25) is 0 Å². The van der Waals surface area contributed by atoms with Gasteiger partial charge in [-0.2, -0.15) is 0 Å². The molecule has 2 nitrogen and oxygen atoms in total. The summed E-state index contributed by atoms with van der Waals surface area (Å²) in [5, 5.41) is 3.77. The van der Waals surface area contributed by atoms with Crippen molar-refractivity contribution in [3.8, 4) is 0 Å². The van der Waals surface area contributed by atoms with Gasteiger partial charge in [0.25, 0.3) is 0 Å². The van der Waals surface area contributed by atoms with Crippen molar-refractivity contribution in [3.05, 3.63) is 0 Å². The lowest BCUT2D eigenvalue weighted by Crippen LogP contribution is -2.46. The van der Waals surface area contributed by atoms with Gasteiger partial charge in [-0.05, 0) is 58.5 Å². The van der Waals surface area contributed by atoms with E-state index in [0.29, 0.717) is 12.1 Å².